The van der Waals surface area contributed by atoms with E-state index in [9.17, 15) is 18.0 Å². The van der Waals surface area contributed by atoms with Gasteiger partial charge in [-0.05, 0) is 32.9 Å². The maximum atomic E-state index is 12.7. The summed E-state index contributed by atoms with van der Waals surface area (Å²) in [7, 11) is 0. The Labute approximate surface area is 148 Å². The van der Waals surface area contributed by atoms with Gasteiger partial charge >= 0.3 is 12.3 Å². The number of aromatic nitrogens is 3. The lowest BCUT2D eigenvalue weighted by Gasteiger charge is -2.36. The van der Waals surface area contributed by atoms with E-state index in [0.29, 0.717) is 32.0 Å². The first-order valence-electron chi connectivity index (χ1n) is 8.20. The van der Waals surface area contributed by atoms with Gasteiger partial charge in [0.15, 0.2) is 5.65 Å². The highest BCUT2D eigenvalue weighted by molar-refractivity contribution is 5.73. The molecule has 0 aromatic carbocycles. The van der Waals surface area contributed by atoms with Crippen LogP contribution in [0.5, 0.6) is 0 Å². The van der Waals surface area contributed by atoms with Crippen molar-refractivity contribution in [3.05, 3.63) is 18.0 Å². The monoisotopic (exact) mass is 371 g/mol. The Morgan fingerprint density at radius 2 is 1.77 bits per heavy atom. The van der Waals surface area contributed by atoms with E-state index >= 15 is 0 Å². The average molecular weight is 371 g/mol. The molecule has 7 nitrogen and oxygen atoms in total. The van der Waals surface area contributed by atoms with Crippen molar-refractivity contribution in [2.24, 2.45) is 0 Å². The molecule has 0 aliphatic carbocycles. The standard InChI is InChI=1S/C16H20F3N5O2/c1-15(2,3)26-14(25)24-8-6-23(7-9-24)11-5-4-10-12(21-11)22-13(20-10)16(17,18)19/h4-5H,6-9H2,1-3H3,(H,20,21,22). The number of imidazole rings is 1. The number of rotatable bonds is 1. The normalized spacial score (nSPS) is 16.2. The second-order valence-corrected chi connectivity index (χ2v) is 7.08. The van der Waals surface area contributed by atoms with Crippen LogP contribution in [0.25, 0.3) is 11.2 Å². The topological polar surface area (TPSA) is 74.3 Å². The minimum absolute atomic E-state index is 0.0180. The number of anilines is 1. The summed E-state index contributed by atoms with van der Waals surface area (Å²) >= 11 is 0. The van der Waals surface area contributed by atoms with Gasteiger partial charge in [-0.3, -0.25) is 0 Å². The number of nitrogens with zero attached hydrogens (tertiary/aromatic N) is 4. The predicted molar refractivity (Wildman–Crippen MR) is 88.9 cm³/mol. The van der Waals surface area contributed by atoms with Gasteiger partial charge in [-0.15, -0.1) is 0 Å². The van der Waals surface area contributed by atoms with Gasteiger partial charge in [-0.1, -0.05) is 0 Å². The maximum absolute atomic E-state index is 12.7. The minimum Gasteiger partial charge on any atom is -0.444 e. The number of aromatic amines is 1. The molecule has 1 amide bonds. The molecule has 1 aliphatic heterocycles. The molecule has 142 valence electrons. The van der Waals surface area contributed by atoms with E-state index in [1.165, 1.54) is 6.07 Å². The Bertz CT molecular complexity index is 804. The Hall–Kier alpha value is -2.52. The third-order valence-corrected chi connectivity index (χ3v) is 3.86. The third kappa shape index (κ3) is 4.00. The molecular formula is C16H20F3N5O2. The molecule has 26 heavy (non-hydrogen) atoms. The summed E-state index contributed by atoms with van der Waals surface area (Å²) in [6.45, 7) is 7.33. The molecule has 0 radical (unpaired) electrons. The molecule has 1 fully saturated rings. The number of alkyl halides is 3. The number of fused-ring (bicyclic) bond motifs is 1. The fourth-order valence-electron chi connectivity index (χ4n) is 2.64. The van der Waals surface area contributed by atoms with Crippen LogP contribution < -0.4 is 4.90 Å². The number of piperazine rings is 1. The lowest BCUT2D eigenvalue weighted by molar-refractivity contribution is -0.144. The van der Waals surface area contributed by atoms with Crippen molar-refractivity contribution in [3.63, 3.8) is 0 Å². The number of H-pyrrole nitrogens is 1. The highest BCUT2D eigenvalue weighted by Crippen LogP contribution is 2.28. The quantitative estimate of drug-likeness (QED) is 0.834. The predicted octanol–water partition coefficient (Wildman–Crippen LogP) is 3.03. The Morgan fingerprint density at radius 1 is 1.12 bits per heavy atom. The summed E-state index contributed by atoms with van der Waals surface area (Å²) in [5.74, 6) is -0.534. The van der Waals surface area contributed by atoms with Crippen molar-refractivity contribution in [2.75, 3.05) is 31.1 Å². The highest BCUT2D eigenvalue weighted by Gasteiger charge is 2.35. The number of carbonyl (C=O) groups excluding carboxylic acids is 1. The van der Waals surface area contributed by atoms with Gasteiger partial charge in [-0.25, -0.2) is 14.8 Å². The Morgan fingerprint density at radius 3 is 2.35 bits per heavy atom. The van der Waals surface area contributed by atoms with E-state index in [1.807, 2.05) is 4.90 Å². The zero-order valence-corrected chi connectivity index (χ0v) is 14.7. The first-order valence-corrected chi connectivity index (χ1v) is 8.20. The SMILES string of the molecule is CC(C)(C)OC(=O)N1CCN(c2ccc3[nH]c(C(F)(F)F)nc3n2)CC1. The van der Waals surface area contributed by atoms with Crippen molar-refractivity contribution >= 4 is 23.1 Å². The van der Waals surface area contributed by atoms with Crippen LogP contribution in [0.4, 0.5) is 23.8 Å². The summed E-state index contributed by atoms with van der Waals surface area (Å²) in [5, 5.41) is 0. The summed E-state index contributed by atoms with van der Waals surface area (Å²) in [4.78, 5) is 25.5. The number of carbonyl (C=O) groups is 1. The van der Waals surface area contributed by atoms with E-state index in [1.54, 1.807) is 31.7 Å². The second-order valence-electron chi connectivity index (χ2n) is 7.08. The lowest BCUT2D eigenvalue weighted by atomic mass is 10.2. The van der Waals surface area contributed by atoms with Crippen LogP contribution >= 0.6 is 0 Å². The Balaban J connectivity index is 1.68. The highest BCUT2D eigenvalue weighted by atomic mass is 19.4. The molecule has 0 unspecified atom stereocenters. The molecule has 10 heteroatoms. The van der Waals surface area contributed by atoms with Gasteiger partial charge in [0.1, 0.15) is 11.4 Å². The molecule has 3 rings (SSSR count). The van der Waals surface area contributed by atoms with Crippen LogP contribution in [0, 0.1) is 0 Å². The Kier molecular flexibility index (Phi) is 4.45. The van der Waals surface area contributed by atoms with E-state index in [-0.39, 0.29) is 17.3 Å². The molecule has 0 bridgehead atoms. The summed E-state index contributed by atoms with van der Waals surface area (Å²) in [5.41, 5.74) is -0.311. The van der Waals surface area contributed by atoms with Crippen molar-refractivity contribution in [2.45, 2.75) is 32.5 Å². The van der Waals surface area contributed by atoms with Gasteiger partial charge in [0.25, 0.3) is 0 Å². The number of hydrogen-bond donors (Lipinski definition) is 1. The zero-order valence-electron chi connectivity index (χ0n) is 14.7. The van der Waals surface area contributed by atoms with E-state index in [0.717, 1.165) is 0 Å². The molecule has 1 aliphatic rings. The molecule has 1 saturated heterocycles. The van der Waals surface area contributed by atoms with Crippen molar-refractivity contribution in [1.29, 1.82) is 0 Å². The van der Waals surface area contributed by atoms with Crippen molar-refractivity contribution in [1.82, 2.24) is 19.9 Å². The molecule has 2 aromatic rings. The second kappa shape index (κ2) is 6.33. The molecule has 2 aromatic heterocycles. The zero-order chi connectivity index (χ0) is 19.1. The fourth-order valence-corrected chi connectivity index (χ4v) is 2.64. The van der Waals surface area contributed by atoms with E-state index < -0.39 is 17.6 Å². The molecule has 0 saturated carbocycles. The molecular weight excluding hydrogens is 351 g/mol. The first kappa shape index (κ1) is 18.3. The lowest BCUT2D eigenvalue weighted by Crippen LogP contribution is -2.50. The van der Waals surface area contributed by atoms with Gasteiger partial charge in [-0.2, -0.15) is 13.2 Å². The largest absolute Gasteiger partial charge is 0.449 e. The number of hydrogen-bond acceptors (Lipinski definition) is 5. The number of ether oxygens (including phenoxy) is 1. The number of halogens is 3. The maximum Gasteiger partial charge on any atom is 0.449 e. The fraction of sp³-hybridized carbons (Fsp3) is 0.562. The average Bonchev–Trinajstić information content (AvgIpc) is 2.97. The van der Waals surface area contributed by atoms with Gasteiger partial charge in [0, 0.05) is 26.2 Å². The molecule has 3 heterocycles. The van der Waals surface area contributed by atoms with Crippen LogP contribution in [-0.2, 0) is 10.9 Å². The summed E-state index contributed by atoms with van der Waals surface area (Å²) in [6, 6.07) is 3.17. The first-order chi connectivity index (χ1) is 12.0. The van der Waals surface area contributed by atoms with Crippen molar-refractivity contribution < 1.29 is 22.7 Å². The van der Waals surface area contributed by atoms with Crippen LogP contribution in [0.15, 0.2) is 12.1 Å². The van der Waals surface area contributed by atoms with Gasteiger partial charge < -0.3 is 19.5 Å². The summed E-state index contributed by atoms with van der Waals surface area (Å²) < 4.78 is 43.6. The third-order valence-electron chi connectivity index (χ3n) is 3.86. The van der Waals surface area contributed by atoms with E-state index in [4.69, 9.17) is 4.74 Å². The van der Waals surface area contributed by atoms with Crippen molar-refractivity contribution in [3.8, 4) is 0 Å². The van der Waals surface area contributed by atoms with Gasteiger partial charge in [0.2, 0.25) is 5.82 Å². The minimum atomic E-state index is -4.54. The van der Waals surface area contributed by atoms with Crippen LogP contribution in [0.3, 0.4) is 0 Å². The van der Waals surface area contributed by atoms with Crippen LogP contribution in [-0.4, -0.2) is 57.7 Å². The number of nitrogens with one attached hydrogen (secondary N) is 1. The number of amides is 1. The van der Waals surface area contributed by atoms with E-state index in [2.05, 4.69) is 15.0 Å². The molecule has 1 N–H and O–H groups in total. The van der Waals surface area contributed by atoms with Crippen LogP contribution in [0.1, 0.15) is 26.6 Å². The van der Waals surface area contributed by atoms with Crippen LogP contribution in [0.2, 0.25) is 0 Å². The molecule has 0 spiro atoms. The smallest absolute Gasteiger partial charge is 0.444 e. The summed E-state index contributed by atoms with van der Waals surface area (Å²) in [6.07, 6.45) is -4.91. The number of pyridine rings is 1. The molecule has 0 atom stereocenters. The van der Waals surface area contributed by atoms with Gasteiger partial charge in [0.05, 0.1) is 5.52 Å².